The standard InChI is InChI=1S/C5H9O.Sn.H/c1-6-4-5-2-3-5;;/h4-5H,2-3H2,1H3;;. The van der Waals surface area contributed by atoms with Crippen LogP contribution in [0.3, 0.4) is 0 Å². The van der Waals surface area contributed by atoms with E-state index < -0.39 is 0 Å². The molecule has 2 radical (unpaired) electrons. The van der Waals surface area contributed by atoms with Crippen molar-refractivity contribution in [2.24, 2.45) is 5.92 Å². The summed E-state index contributed by atoms with van der Waals surface area (Å²) in [4.78, 5) is 0. The van der Waals surface area contributed by atoms with Crippen molar-refractivity contribution in [3.8, 4) is 0 Å². The Balaban J connectivity index is 2.10. The van der Waals surface area contributed by atoms with Gasteiger partial charge in [-0.25, -0.2) is 0 Å². The molecule has 0 saturated heterocycles. The molecule has 0 spiro atoms. The molecule has 0 N–H and O–H groups in total. The van der Waals surface area contributed by atoms with Gasteiger partial charge in [-0.15, -0.1) is 0 Å². The Labute approximate surface area is 57.5 Å². The minimum atomic E-state index is 0.644. The molecular weight excluding hydrogens is 195 g/mol. The molecular formula is C5H10OSn. The van der Waals surface area contributed by atoms with Crippen molar-refractivity contribution in [3.05, 3.63) is 0 Å². The zero-order chi connectivity index (χ0) is 5.28. The SMILES string of the molecule is CO[CH]([SnH])C1CC1. The van der Waals surface area contributed by atoms with Gasteiger partial charge < -0.3 is 0 Å². The molecule has 0 aromatic carbocycles. The molecule has 0 heterocycles. The molecule has 2 heteroatoms. The van der Waals surface area contributed by atoms with Crippen LogP contribution in [0.4, 0.5) is 0 Å². The molecule has 0 aromatic heterocycles. The van der Waals surface area contributed by atoms with E-state index in [9.17, 15) is 0 Å². The summed E-state index contributed by atoms with van der Waals surface area (Å²) in [6, 6.07) is 0. The van der Waals surface area contributed by atoms with E-state index in [1.165, 1.54) is 35.4 Å². The Kier molecular flexibility index (Phi) is 1.98. The summed E-state index contributed by atoms with van der Waals surface area (Å²) in [5.41, 5.74) is 0. The third-order valence-corrected chi connectivity index (χ3v) is 3.69. The number of ether oxygens (including phenoxy) is 1. The Morgan fingerprint density at radius 3 is 2.43 bits per heavy atom. The molecule has 1 atom stereocenters. The van der Waals surface area contributed by atoms with Crippen LogP contribution in [0, 0.1) is 5.92 Å². The number of hydrogen-bond acceptors (Lipinski definition) is 1. The summed E-state index contributed by atoms with van der Waals surface area (Å²) in [7, 11) is 1.81. The van der Waals surface area contributed by atoms with Gasteiger partial charge in [-0.2, -0.15) is 0 Å². The summed E-state index contributed by atoms with van der Waals surface area (Å²) in [5, 5.41) is 0. The van der Waals surface area contributed by atoms with Crippen LogP contribution in [0.1, 0.15) is 12.8 Å². The van der Waals surface area contributed by atoms with E-state index >= 15 is 0 Å². The minimum absolute atomic E-state index is 0.644. The Morgan fingerprint density at radius 2 is 2.29 bits per heavy atom. The van der Waals surface area contributed by atoms with Crippen LogP contribution in [0.15, 0.2) is 0 Å². The van der Waals surface area contributed by atoms with E-state index in [1.54, 1.807) is 0 Å². The molecule has 1 nitrogen and oxygen atoms in total. The van der Waals surface area contributed by atoms with Crippen LogP contribution < -0.4 is 0 Å². The quantitative estimate of drug-likeness (QED) is 0.587. The van der Waals surface area contributed by atoms with Gasteiger partial charge in [-0.05, 0) is 0 Å². The van der Waals surface area contributed by atoms with Crippen molar-refractivity contribution in [2.45, 2.75) is 17.0 Å². The second-order valence-corrected chi connectivity index (χ2v) is 3.91. The summed E-state index contributed by atoms with van der Waals surface area (Å²) >= 11 is 1.27. The van der Waals surface area contributed by atoms with Crippen LogP contribution in [-0.4, -0.2) is 33.8 Å². The van der Waals surface area contributed by atoms with Gasteiger partial charge in [0.15, 0.2) is 0 Å². The first-order chi connectivity index (χ1) is 3.34. The zero-order valence-electron chi connectivity index (χ0n) is 4.55. The molecule has 1 aliphatic carbocycles. The molecule has 1 fully saturated rings. The van der Waals surface area contributed by atoms with Gasteiger partial charge in [0.2, 0.25) is 0 Å². The van der Waals surface area contributed by atoms with E-state index in [1.807, 2.05) is 7.11 Å². The zero-order valence-corrected chi connectivity index (χ0v) is 7.85. The first-order valence-corrected chi connectivity index (χ1v) is 4.53. The van der Waals surface area contributed by atoms with Gasteiger partial charge in [-0.3, -0.25) is 0 Å². The predicted molar refractivity (Wildman–Crippen MR) is 30.7 cm³/mol. The second-order valence-electron chi connectivity index (χ2n) is 2.04. The Bertz CT molecular complexity index is 61.1. The Morgan fingerprint density at radius 1 is 1.71 bits per heavy atom. The van der Waals surface area contributed by atoms with Gasteiger partial charge in [0.25, 0.3) is 0 Å². The average Bonchev–Trinajstić information content (AvgIpc) is 2.44. The molecule has 0 aliphatic heterocycles. The van der Waals surface area contributed by atoms with E-state index in [-0.39, 0.29) is 0 Å². The van der Waals surface area contributed by atoms with Crippen LogP contribution in [0.5, 0.6) is 0 Å². The normalized spacial score (nSPS) is 24.9. The summed E-state index contributed by atoms with van der Waals surface area (Å²) in [6.07, 6.45) is 2.83. The average molecular weight is 205 g/mol. The number of rotatable bonds is 2. The van der Waals surface area contributed by atoms with Gasteiger partial charge >= 0.3 is 57.3 Å². The number of methoxy groups -OCH3 is 1. The molecule has 1 aliphatic rings. The first-order valence-electron chi connectivity index (χ1n) is 2.63. The van der Waals surface area contributed by atoms with Crippen molar-refractivity contribution in [3.63, 3.8) is 0 Å². The maximum absolute atomic E-state index is 5.13. The first kappa shape index (κ1) is 5.89. The summed E-state index contributed by atoms with van der Waals surface area (Å²) in [5.74, 6) is 0.951. The van der Waals surface area contributed by atoms with E-state index in [0.29, 0.717) is 4.12 Å². The van der Waals surface area contributed by atoms with Gasteiger partial charge in [0, 0.05) is 0 Å². The molecule has 1 saturated carbocycles. The van der Waals surface area contributed by atoms with Crippen molar-refractivity contribution in [1.29, 1.82) is 0 Å². The van der Waals surface area contributed by atoms with Crippen molar-refractivity contribution in [1.82, 2.24) is 0 Å². The van der Waals surface area contributed by atoms with Crippen molar-refractivity contribution < 1.29 is 4.74 Å². The second kappa shape index (κ2) is 2.35. The van der Waals surface area contributed by atoms with Crippen LogP contribution in [-0.2, 0) is 4.74 Å². The van der Waals surface area contributed by atoms with Crippen LogP contribution in [0.25, 0.3) is 0 Å². The van der Waals surface area contributed by atoms with Gasteiger partial charge in [-0.1, -0.05) is 0 Å². The molecule has 0 bridgehead atoms. The van der Waals surface area contributed by atoms with Crippen LogP contribution in [0.2, 0.25) is 0 Å². The third-order valence-electron chi connectivity index (χ3n) is 1.36. The fourth-order valence-corrected chi connectivity index (χ4v) is 1.72. The summed E-state index contributed by atoms with van der Waals surface area (Å²) in [6.45, 7) is 0. The van der Waals surface area contributed by atoms with Crippen molar-refractivity contribution in [2.75, 3.05) is 7.11 Å². The number of hydrogen-bond donors (Lipinski definition) is 0. The molecule has 7 heavy (non-hydrogen) atoms. The molecule has 1 unspecified atom stereocenters. The topological polar surface area (TPSA) is 9.23 Å². The predicted octanol–water partition coefficient (Wildman–Crippen LogP) is 0.270. The van der Waals surface area contributed by atoms with E-state index in [2.05, 4.69) is 0 Å². The molecule has 0 aromatic rings. The van der Waals surface area contributed by atoms with Crippen molar-refractivity contribution >= 4 is 22.5 Å². The van der Waals surface area contributed by atoms with Gasteiger partial charge in [0.05, 0.1) is 0 Å². The molecule has 0 amide bonds. The maximum atomic E-state index is 5.13. The Hall–Kier alpha value is 0.759. The molecule has 40 valence electrons. The molecule has 1 rings (SSSR count). The fourth-order valence-electron chi connectivity index (χ4n) is 0.617. The summed E-state index contributed by atoms with van der Waals surface area (Å²) < 4.78 is 5.78. The monoisotopic (exact) mass is 206 g/mol. The van der Waals surface area contributed by atoms with E-state index in [4.69, 9.17) is 4.74 Å². The fraction of sp³-hybridized carbons (Fsp3) is 1.00. The van der Waals surface area contributed by atoms with E-state index in [0.717, 1.165) is 5.92 Å². The third kappa shape index (κ3) is 1.61. The van der Waals surface area contributed by atoms with Crippen LogP contribution >= 0.6 is 0 Å². The van der Waals surface area contributed by atoms with Gasteiger partial charge in [0.1, 0.15) is 0 Å².